The minimum absolute atomic E-state index is 0.128. The molecule has 0 saturated heterocycles. The molecule has 0 aromatic heterocycles. The van der Waals surface area contributed by atoms with Crippen molar-refractivity contribution in [1.29, 1.82) is 0 Å². The summed E-state index contributed by atoms with van der Waals surface area (Å²) in [7, 11) is 4.44. The first kappa shape index (κ1) is 27.2. The van der Waals surface area contributed by atoms with Crippen LogP contribution in [0.2, 0.25) is 0 Å². The summed E-state index contributed by atoms with van der Waals surface area (Å²) in [6.07, 6.45) is 8.90. The monoisotopic (exact) mass is 559 g/mol. The number of fused-ring (bicyclic) bond motifs is 3. The van der Waals surface area contributed by atoms with Crippen LogP contribution in [-0.2, 0) is 23.7 Å². The van der Waals surface area contributed by atoms with Crippen LogP contribution in [0.3, 0.4) is 0 Å². The third-order valence-corrected chi connectivity index (χ3v) is 9.84. The molecule has 43 heavy (non-hydrogen) atoms. The molecule has 0 saturated carbocycles. The van der Waals surface area contributed by atoms with Crippen molar-refractivity contribution < 1.29 is 4.58 Å². The van der Waals surface area contributed by atoms with E-state index >= 15 is 0 Å². The van der Waals surface area contributed by atoms with Crippen LogP contribution < -0.4 is 4.90 Å². The van der Waals surface area contributed by atoms with Gasteiger partial charge >= 0.3 is 0 Å². The summed E-state index contributed by atoms with van der Waals surface area (Å²) in [6, 6.07) is 44.2. The molecule has 0 bridgehead atoms. The van der Waals surface area contributed by atoms with Crippen molar-refractivity contribution >= 4 is 27.9 Å². The summed E-state index contributed by atoms with van der Waals surface area (Å²) < 4.78 is 2.39. The minimum Gasteiger partial charge on any atom is -0.347 e. The maximum atomic E-state index is 2.42. The number of likely N-dealkylation sites (N-methyl/N-ethyl adjacent to an activating group) is 1. The van der Waals surface area contributed by atoms with Gasteiger partial charge in [-0.25, -0.2) is 0 Å². The molecule has 2 heteroatoms. The summed E-state index contributed by atoms with van der Waals surface area (Å²) in [5, 5.41) is 2.58. The minimum atomic E-state index is -0.164. The number of rotatable bonds is 6. The molecule has 0 spiro atoms. The molecule has 2 heterocycles. The zero-order valence-corrected chi connectivity index (χ0v) is 25.6. The highest BCUT2D eigenvalue weighted by atomic mass is 15.2. The van der Waals surface area contributed by atoms with Crippen molar-refractivity contribution in [3.63, 3.8) is 0 Å². The summed E-state index contributed by atoms with van der Waals surface area (Å²) >= 11 is 0. The summed E-state index contributed by atoms with van der Waals surface area (Å²) in [5.74, 6) is 0. The molecule has 0 radical (unpaired) electrons. The van der Waals surface area contributed by atoms with Gasteiger partial charge in [-0.05, 0) is 72.4 Å². The van der Waals surface area contributed by atoms with Gasteiger partial charge in [0.2, 0.25) is 5.69 Å². The average Bonchev–Trinajstić information content (AvgIpc) is 3.36. The second-order valence-corrected chi connectivity index (χ2v) is 12.6. The topological polar surface area (TPSA) is 6.25 Å². The van der Waals surface area contributed by atoms with Crippen LogP contribution in [0.5, 0.6) is 0 Å². The number of benzene rings is 5. The molecular formula is C41H39N2+. The highest BCUT2D eigenvalue weighted by molar-refractivity contribution is 6.03. The Bertz CT molecular complexity index is 1910. The fraction of sp³-hybridized carbons (Fsp3) is 0.195. The van der Waals surface area contributed by atoms with Crippen LogP contribution >= 0.6 is 0 Å². The van der Waals surface area contributed by atoms with Crippen LogP contribution in [0.25, 0.3) is 10.8 Å². The van der Waals surface area contributed by atoms with E-state index in [1.807, 2.05) is 0 Å². The maximum Gasteiger partial charge on any atom is 0.209 e. The molecule has 2 aliphatic heterocycles. The van der Waals surface area contributed by atoms with Crippen LogP contribution in [0.1, 0.15) is 36.1 Å². The molecule has 2 aliphatic rings. The molecule has 212 valence electrons. The Morgan fingerprint density at radius 3 is 1.88 bits per heavy atom. The first-order chi connectivity index (χ1) is 20.9. The number of allylic oxidation sites excluding steroid dienone is 4. The van der Waals surface area contributed by atoms with Crippen molar-refractivity contribution in [2.24, 2.45) is 0 Å². The zero-order valence-electron chi connectivity index (χ0n) is 25.6. The molecule has 7 rings (SSSR count). The van der Waals surface area contributed by atoms with Gasteiger partial charge in [0.15, 0.2) is 5.71 Å². The Morgan fingerprint density at radius 1 is 0.651 bits per heavy atom. The predicted molar refractivity (Wildman–Crippen MR) is 182 cm³/mol. The van der Waals surface area contributed by atoms with E-state index in [1.54, 1.807) is 0 Å². The van der Waals surface area contributed by atoms with E-state index in [0.29, 0.717) is 0 Å². The molecule has 5 aromatic rings. The molecule has 2 atom stereocenters. The molecule has 5 aromatic carbocycles. The van der Waals surface area contributed by atoms with Gasteiger partial charge in [-0.15, -0.1) is 0 Å². The predicted octanol–water partition coefficient (Wildman–Crippen LogP) is 9.16. The van der Waals surface area contributed by atoms with Crippen LogP contribution in [0, 0.1) is 0 Å². The number of para-hydroxylation sites is 1. The van der Waals surface area contributed by atoms with Crippen LogP contribution in [0.4, 0.5) is 11.4 Å². The van der Waals surface area contributed by atoms with Gasteiger partial charge in [0.1, 0.15) is 7.05 Å². The lowest BCUT2D eigenvalue weighted by molar-refractivity contribution is -0.401. The van der Waals surface area contributed by atoms with E-state index < -0.39 is 0 Å². The lowest BCUT2D eigenvalue weighted by Crippen LogP contribution is -2.33. The molecule has 0 fully saturated rings. The number of hydrogen-bond donors (Lipinski definition) is 0. The number of hydrogen-bond acceptors (Lipinski definition) is 1. The van der Waals surface area contributed by atoms with E-state index in [2.05, 4.69) is 177 Å². The Balaban J connectivity index is 1.32. The molecule has 2 unspecified atom stereocenters. The van der Waals surface area contributed by atoms with Gasteiger partial charge in [0.25, 0.3) is 0 Å². The van der Waals surface area contributed by atoms with Crippen LogP contribution in [0.15, 0.2) is 145 Å². The number of nitrogens with zero attached hydrogens (tertiary/aromatic N) is 2. The van der Waals surface area contributed by atoms with Crippen molar-refractivity contribution in [2.75, 3.05) is 19.0 Å². The van der Waals surface area contributed by atoms with E-state index in [-0.39, 0.29) is 10.8 Å². The zero-order chi connectivity index (χ0) is 29.6. The fourth-order valence-corrected chi connectivity index (χ4v) is 7.66. The van der Waals surface area contributed by atoms with E-state index in [4.69, 9.17) is 0 Å². The highest BCUT2D eigenvalue weighted by Crippen LogP contribution is 2.50. The summed E-state index contributed by atoms with van der Waals surface area (Å²) in [5.41, 5.74) is 10.4. The SMILES string of the molecule is CN1C(=CC=CC2=[N+](C)c3ccccc3C2(C)Cc2ccccc2)C(C)(Cc2ccccc2)c2cc3ccccc3cc21. The van der Waals surface area contributed by atoms with E-state index in [1.165, 1.54) is 55.8 Å². The smallest absolute Gasteiger partial charge is 0.209 e. The normalized spacial score (nSPS) is 22.1. The molecule has 0 aliphatic carbocycles. The molecule has 0 N–H and O–H groups in total. The van der Waals surface area contributed by atoms with Gasteiger partial charge in [-0.1, -0.05) is 109 Å². The standard InChI is InChI=1S/C41H39N2/c1-40(28-30-16-7-5-8-17-30)34-22-13-14-23-36(34)42(3)38(40)24-15-25-39-41(2,29-31-18-9-6-10-19-31)35-26-32-20-11-12-21-33(32)27-37(35)43(39)4/h5-27H,28-29H2,1-4H3/q+1. The lowest BCUT2D eigenvalue weighted by atomic mass is 9.74. The second-order valence-electron chi connectivity index (χ2n) is 12.6. The quantitative estimate of drug-likeness (QED) is 0.188. The van der Waals surface area contributed by atoms with Crippen molar-refractivity contribution in [2.45, 2.75) is 37.5 Å². The first-order valence-electron chi connectivity index (χ1n) is 15.3. The van der Waals surface area contributed by atoms with Gasteiger partial charge in [-0.2, -0.15) is 4.58 Å². The Kier molecular flexibility index (Phi) is 6.66. The number of anilines is 1. The first-order valence-corrected chi connectivity index (χ1v) is 15.3. The molecular weight excluding hydrogens is 520 g/mol. The van der Waals surface area contributed by atoms with Gasteiger partial charge in [0, 0.05) is 41.6 Å². The van der Waals surface area contributed by atoms with Crippen molar-refractivity contribution in [3.05, 3.63) is 168 Å². The second kappa shape index (κ2) is 10.5. The Morgan fingerprint density at radius 2 is 1.21 bits per heavy atom. The van der Waals surface area contributed by atoms with Gasteiger partial charge in [0.05, 0.1) is 5.41 Å². The largest absolute Gasteiger partial charge is 0.347 e. The van der Waals surface area contributed by atoms with Crippen LogP contribution in [-0.4, -0.2) is 24.4 Å². The molecule has 2 nitrogen and oxygen atoms in total. The fourth-order valence-electron chi connectivity index (χ4n) is 7.66. The Labute approximate surface area is 256 Å². The molecule has 0 amide bonds. The van der Waals surface area contributed by atoms with Gasteiger partial charge < -0.3 is 4.90 Å². The average molecular weight is 560 g/mol. The van der Waals surface area contributed by atoms with Crippen molar-refractivity contribution in [3.8, 4) is 0 Å². The van der Waals surface area contributed by atoms with E-state index in [9.17, 15) is 0 Å². The van der Waals surface area contributed by atoms with Crippen molar-refractivity contribution in [1.82, 2.24) is 0 Å². The summed E-state index contributed by atoms with van der Waals surface area (Å²) in [4.78, 5) is 2.41. The lowest BCUT2D eigenvalue weighted by Gasteiger charge is -2.29. The van der Waals surface area contributed by atoms with Gasteiger partial charge in [-0.3, -0.25) is 0 Å². The van der Waals surface area contributed by atoms with E-state index in [0.717, 1.165) is 12.8 Å². The summed E-state index contributed by atoms with van der Waals surface area (Å²) in [6.45, 7) is 4.82. The highest BCUT2D eigenvalue weighted by Gasteiger charge is 2.46. The Hall–Kier alpha value is -4.69. The third-order valence-electron chi connectivity index (χ3n) is 9.84. The third kappa shape index (κ3) is 4.53. The maximum absolute atomic E-state index is 2.42.